The lowest BCUT2D eigenvalue weighted by molar-refractivity contribution is -0.135. The van der Waals surface area contributed by atoms with E-state index in [0.29, 0.717) is 24.7 Å². The first-order valence-electron chi connectivity index (χ1n) is 9.18. The van der Waals surface area contributed by atoms with Gasteiger partial charge in [-0.1, -0.05) is 12.1 Å². The Balaban J connectivity index is 1.46. The molecule has 1 saturated carbocycles. The van der Waals surface area contributed by atoms with Crippen molar-refractivity contribution in [1.82, 2.24) is 9.80 Å². The number of nitrogens with zero attached hydrogens (tertiary/aromatic N) is 2. The highest BCUT2D eigenvalue weighted by Gasteiger charge is 2.42. The third-order valence-corrected chi connectivity index (χ3v) is 5.90. The largest absolute Gasteiger partial charge is 0.345 e. The predicted octanol–water partition coefficient (Wildman–Crippen LogP) is 2.86. The second kappa shape index (κ2) is 7.54. The van der Waals surface area contributed by atoms with Crippen molar-refractivity contribution in [3.63, 3.8) is 0 Å². The van der Waals surface area contributed by atoms with Crippen LogP contribution in [0.3, 0.4) is 0 Å². The van der Waals surface area contributed by atoms with E-state index in [4.69, 9.17) is 0 Å². The maximum absolute atomic E-state index is 12.9. The van der Waals surface area contributed by atoms with Gasteiger partial charge < -0.3 is 9.80 Å². The molecule has 2 fully saturated rings. The number of hydrogen-bond acceptors (Lipinski definition) is 2. The maximum Gasteiger partial charge on any atom is 0.222 e. The van der Waals surface area contributed by atoms with Crippen LogP contribution >= 0.6 is 0 Å². The molecule has 0 unspecified atom stereocenters. The van der Waals surface area contributed by atoms with E-state index >= 15 is 0 Å². The topological polar surface area (TPSA) is 40.6 Å². The van der Waals surface area contributed by atoms with Crippen LogP contribution in [0.2, 0.25) is 0 Å². The molecule has 2 aliphatic rings. The SMILES string of the molecule is CN1C[C@@H]2C[C@H](N(C)C(=O)CCCc3ccc(F)cc3)C[C@@H]2CC1=O. The van der Waals surface area contributed by atoms with Gasteiger partial charge in [0.25, 0.3) is 0 Å². The van der Waals surface area contributed by atoms with Gasteiger partial charge in [-0.3, -0.25) is 9.59 Å². The van der Waals surface area contributed by atoms with E-state index in [1.807, 2.05) is 23.9 Å². The van der Waals surface area contributed by atoms with Gasteiger partial charge in [0.15, 0.2) is 0 Å². The molecule has 1 aliphatic carbocycles. The molecule has 5 heteroatoms. The van der Waals surface area contributed by atoms with Crippen LogP contribution in [0.4, 0.5) is 4.39 Å². The number of amides is 2. The number of hydrogen-bond donors (Lipinski definition) is 0. The molecule has 1 heterocycles. The molecule has 0 aromatic heterocycles. The highest BCUT2D eigenvalue weighted by Crippen LogP contribution is 2.40. The molecule has 2 amide bonds. The standard InChI is InChI=1S/C20H27FN2O2/c1-22-13-16-11-18(10-15(16)12-20(22)25)23(2)19(24)5-3-4-14-6-8-17(21)9-7-14/h6-9,15-16,18H,3-5,10-13H2,1-2H3/t15-,16+,18-/m1/s1. The summed E-state index contributed by atoms with van der Waals surface area (Å²) < 4.78 is 12.9. The minimum absolute atomic E-state index is 0.172. The van der Waals surface area contributed by atoms with E-state index < -0.39 is 0 Å². The number of fused-ring (bicyclic) bond motifs is 1. The number of benzene rings is 1. The summed E-state index contributed by atoms with van der Waals surface area (Å²) in [5.41, 5.74) is 1.06. The molecule has 3 rings (SSSR count). The van der Waals surface area contributed by atoms with Gasteiger partial charge in [0.2, 0.25) is 11.8 Å². The molecule has 4 nitrogen and oxygen atoms in total. The number of carbonyl (C=O) groups is 2. The van der Waals surface area contributed by atoms with Crippen LogP contribution in [0, 0.1) is 17.7 Å². The zero-order valence-corrected chi connectivity index (χ0v) is 15.1. The third kappa shape index (κ3) is 4.20. The molecule has 0 bridgehead atoms. The second-order valence-electron chi connectivity index (χ2n) is 7.61. The average Bonchev–Trinajstić information content (AvgIpc) is 2.99. The summed E-state index contributed by atoms with van der Waals surface area (Å²) in [6.07, 6.45) is 4.65. The Hall–Kier alpha value is -1.91. The van der Waals surface area contributed by atoms with Crippen molar-refractivity contribution in [2.45, 2.75) is 44.6 Å². The monoisotopic (exact) mass is 346 g/mol. The first-order valence-corrected chi connectivity index (χ1v) is 9.18. The number of likely N-dealkylation sites (tertiary alicyclic amines) is 1. The van der Waals surface area contributed by atoms with E-state index in [9.17, 15) is 14.0 Å². The number of aryl methyl sites for hydroxylation is 1. The molecular weight excluding hydrogens is 319 g/mol. The summed E-state index contributed by atoms with van der Waals surface area (Å²) in [4.78, 5) is 28.1. The summed E-state index contributed by atoms with van der Waals surface area (Å²) in [5, 5.41) is 0. The fraction of sp³-hybridized carbons (Fsp3) is 0.600. The molecule has 0 spiro atoms. The van der Waals surface area contributed by atoms with Crippen LogP contribution < -0.4 is 0 Å². The van der Waals surface area contributed by atoms with E-state index in [2.05, 4.69) is 0 Å². The van der Waals surface area contributed by atoms with E-state index in [1.54, 1.807) is 12.1 Å². The van der Waals surface area contributed by atoms with Crippen molar-refractivity contribution in [1.29, 1.82) is 0 Å². The Morgan fingerprint density at radius 1 is 1.24 bits per heavy atom. The van der Waals surface area contributed by atoms with Crippen LogP contribution in [0.1, 0.15) is 37.7 Å². The first kappa shape index (κ1) is 17.9. The van der Waals surface area contributed by atoms with Crippen molar-refractivity contribution >= 4 is 11.8 Å². The smallest absolute Gasteiger partial charge is 0.222 e. The fourth-order valence-corrected chi connectivity index (χ4v) is 4.28. The van der Waals surface area contributed by atoms with Crippen molar-refractivity contribution in [2.24, 2.45) is 11.8 Å². The lowest BCUT2D eigenvalue weighted by Crippen LogP contribution is -2.39. The van der Waals surface area contributed by atoms with Gasteiger partial charge >= 0.3 is 0 Å². The Kier molecular flexibility index (Phi) is 5.40. The summed E-state index contributed by atoms with van der Waals surface area (Å²) in [7, 11) is 3.77. The summed E-state index contributed by atoms with van der Waals surface area (Å²) in [5.74, 6) is 1.14. The van der Waals surface area contributed by atoms with Gasteiger partial charge in [0.1, 0.15) is 5.82 Å². The van der Waals surface area contributed by atoms with Crippen LogP contribution in [-0.4, -0.2) is 48.3 Å². The highest BCUT2D eigenvalue weighted by molar-refractivity contribution is 5.78. The van der Waals surface area contributed by atoms with Crippen molar-refractivity contribution in [3.05, 3.63) is 35.6 Å². The predicted molar refractivity (Wildman–Crippen MR) is 94.4 cm³/mol. The Labute approximate surface area is 149 Å². The highest BCUT2D eigenvalue weighted by atomic mass is 19.1. The number of halogens is 1. The molecule has 1 aromatic rings. The minimum atomic E-state index is -0.230. The van der Waals surface area contributed by atoms with Gasteiger partial charge in [0.05, 0.1) is 0 Å². The van der Waals surface area contributed by atoms with Crippen molar-refractivity contribution < 1.29 is 14.0 Å². The van der Waals surface area contributed by atoms with Crippen molar-refractivity contribution in [2.75, 3.05) is 20.6 Å². The molecule has 0 radical (unpaired) electrons. The van der Waals surface area contributed by atoms with E-state index in [1.165, 1.54) is 12.1 Å². The molecular formula is C20H27FN2O2. The average molecular weight is 346 g/mol. The third-order valence-electron chi connectivity index (χ3n) is 5.90. The van der Waals surface area contributed by atoms with Gasteiger partial charge in [-0.2, -0.15) is 0 Å². The summed E-state index contributed by atoms with van der Waals surface area (Å²) in [6.45, 7) is 0.826. The zero-order valence-electron chi connectivity index (χ0n) is 15.1. The Bertz CT molecular complexity index is 631. The molecule has 0 N–H and O–H groups in total. The minimum Gasteiger partial charge on any atom is -0.345 e. The normalized spacial score (nSPS) is 25.8. The maximum atomic E-state index is 12.9. The first-order chi connectivity index (χ1) is 11.9. The summed E-state index contributed by atoms with van der Waals surface area (Å²) in [6, 6.07) is 6.73. The fourth-order valence-electron chi connectivity index (χ4n) is 4.28. The zero-order chi connectivity index (χ0) is 18.0. The Morgan fingerprint density at radius 2 is 1.92 bits per heavy atom. The molecule has 3 atom stereocenters. The number of piperidine rings is 1. The van der Waals surface area contributed by atoms with Crippen molar-refractivity contribution in [3.8, 4) is 0 Å². The number of rotatable bonds is 5. The van der Waals surface area contributed by atoms with Gasteiger partial charge in [0, 0.05) is 39.5 Å². The lowest BCUT2D eigenvalue weighted by atomic mass is 9.88. The van der Waals surface area contributed by atoms with E-state index in [0.717, 1.165) is 37.8 Å². The molecule has 25 heavy (non-hydrogen) atoms. The second-order valence-corrected chi connectivity index (χ2v) is 7.61. The van der Waals surface area contributed by atoms with Crippen LogP contribution in [-0.2, 0) is 16.0 Å². The molecule has 1 aliphatic heterocycles. The molecule has 136 valence electrons. The molecule has 1 saturated heterocycles. The van der Waals surface area contributed by atoms with Crippen LogP contribution in [0.5, 0.6) is 0 Å². The lowest BCUT2D eigenvalue weighted by Gasteiger charge is -2.31. The van der Waals surface area contributed by atoms with Gasteiger partial charge in [-0.05, 0) is 55.2 Å². The van der Waals surface area contributed by atoms with Gasteiger partial charge in [-0.25, -0.2) is 4.39 Å². The molecule has 1 aromatic carbocycles. The Morgan fingerprint density at radius 3 is 2.64 bits per heavy atom. The van der Waals surface area contributed by atoms with Gasteiger partial charge in [-0.15, -0.1) is 0 Å². The van der Waals surface area contributed by atoms with Crippen LogP contribution in [0.15, 0.2) is 24.3 Å². The van der Waals surface area contributed by atoms with Crippen LogP contribution in [0.25, 0.3) is 0 Å². The quantitative estimate of drug-likeness (QED) is 0.823. The summed E-state index contributed by atoms with van der Waals surface area (Å²) >= 11 is 0. The number of carbonyl (C=O) groups excluding carboxylic acids is 2. The van der Waals surface area contributed by atoms with E-state index in [-0.39, 0.29) is 23.7 Å².